The molecule has 0 saturated heterocycles. The van der Waals surface area contributed by atoms with Gasteiger partial charge in [-0.05, 0) is 42.7 Å². The van der Waals surface area contributed by atoms with Gasteiger partial charge in [0.1, 0.15) is 11.6 Å². The Morgan fingerprint density at radius 2 is 2.10 bits per heavy atom. The first-order valence-electron chi connectivity index (χ1n) is 7.57. The number of thioether (sulfide) groups is 1. The van der Waals surface area contributed by atoms with Crippen molar-refractivity contribution in [2.75, 3.05) is 18.6 Å². The first-order valence-corrected chi connectivity index (χ1v) is 8.72. The maximum absolute atomic E-state index is 6.11. The fourth-order valence-electron chi connectivity index (χ4n) is 2.96. The van der Waals surface area contributed by atoms with Crippen molar-refractivity contribution in [3.05, 3.63) is 29.8 Å². The number of nitrogens with two attached hydrogens (primary N) is 1. The third kappa shape index (κ3) is 3.43. The number of nitrogens with zero attached hydrogens (tertiary/aromatic N) is 1. The second-order valence-electron chi connectivity index (χ2n) is 5.76. The van der Waals surface area contributed by atoms with E-state index >= 15 is 0 Å². The molecule has 0 amide bonds. The molecule has 2 N–H and O–H groups in total. The summed E-state index contributed by atoms with van der Waals surface area (Å²) >= 11 is 1.99. The third-order valence-corrected chi connectivity index (χ3v) is 5.45. The van der Waals surface area contributed by atoms with Crippen molar-refractivity contribution >= 4 is 28.5 Å². The number of aromatic nitrogens is 1. The van der Waals surface area contributed by atoms with Gasteiger partial charge in [0.05, 0.1) is 12.6 Å². The van der Waals surface area contributed by atoms with Crippen molar-refractivity contribution in [1.29, 1.82) is 0 Å². The van der Waals surface area contributed by atoms with Crippen LogP contribution in [-0.2, 0) is 5.75 Å². The van der Waals surface area contributed by atoms with E-state index in [1.807, 2.05) is 30.0 Å². The smallest absolute Gasteiger partial charge is 0.128 e. The highest BCUT2D eigenvalue weighted by Gasteiger charge is 2.15. The Morgan fingerprint density at radius 1 is 1.29 bits per heavy atom. The average molecular weight is 302 g/mol. The van der Waals surface area contributed by atoms with Gasteiger partial charge in [0.15, 0.2) is 0 Å². The van der Waals surface area contributed by atoms with Gasteiger partial charge in [-0.25, -0.2) is 4.98 Å². The van der Waals surface area contributed by atoms with E-state index in [-0.39, 0.29) is 0 Å². The topological polar surface area (TPSA) is 48.1 Å². The van der Waals surface area contributed by atoms with Gasteiger partial charge in [0, 0.05) is 22.8 Å². The van der Waals surface area contributed by atoms with E-state index in [1.54, 1.807) is 7.11 Å². The molecule has 1 aromatic heterocycles. The van der Waals surface area contributed by atoms with Crippen LogP contribution in [-0.4, -0.2) is 17.8 Å². The van der Waals surface area contributed by atoms with E-state index in [4.69, 9.17) is 10.5 Å². The second-order valence-corrected chi connectivity index (χ2v) is 6.79. The highest BCUT2D eigenvalue weighted by molar-refractivity contribution is 7.98. The molecule has 1 fully saturated rings. The lowest BCUT2D eigenvalue weighted by Crippen LogP contribution is -2.00. The second kappa shape index (κ2) is 6.56. The van der Waals surface area contributed by atoms with Crippen molar-refractivity contribution in [2.45, 2.75) is 31.4 Å². The molecular formula is C17H22N2OS. The molecule has 1 saturated carbocycles. The molecule has 0 spiro atoms. The van der Waals surface area contributed by atoms with Crippen LogP contribution in [0.1, 0.15) is 31.2 Å². The molecule has 0 bridgehead atoms. The third-order valence-electron chi connectivity index (χ3n) is 4.22. The molecule has 1 aliphatic rings. The molecule has 3 rings (SSSR count). The van der Waals surface area contributed by atoms with E-state index in [9.17, 15) is 0 Å². The summed E-state index contributed by atoms with van der Waals surface area (Å²) in [7, 11) is 1.67. The summed E-state index contributed by atoms with van der Waals surface area (Å²) < 4.78 is 5.23. The predicted molar refractivity (Wildman–Crippen MR) is 90.8 cm³/mol. The zero-order valence-corrected chi connectivity index (χ0v) is 13.3. The molecule has 1 heterocycles. The van der Waals surface area contributed by atoms with Crippen LogP contribution < -0.4 is 10.5 Å². The Bertz CT molecular complexity index is 623. The summed E-state index contributed by atoms with van der Waals surface area (Å²) in [4.78, 5) is 4.52. The summed E-state index contributed by atoms with van der Waals surface area (Å²) in [6, 6.07) is 8.11. The van der Waals surface area contributed by atoms with E-state index in [0.717, 1.165) is 33.9 Å². The number of methoxy groups -OCH3 is 1. The van der Waals surface area contributed by atoms with Crippen LogP contribution in [0.25, 0.3) is 10.9 Å². The van der Waals surface area contributed by atoms with Crippen LogP contribution in [0.15, 0.2) is 24.3 Å². The van der Waals surface area contributed by atoms with Gasteiger partial charge < -0.3 is 10.5 Å². The van der Waals surface area contributed by atoms with Gasteiger partial charge in [-0.15, -0.1) is 0 Å². The lowest BCUT2D eigenvalue weighted by Gasteiger charge is -2.10. The first kappa shape index (κ1) is 14.5. The number of hydrogen-bond acceptors (Lipinski definition) is 4. The highest BCUT2D eigenvalue weighted by atomic mass is 32.2. The van der Waals surface area contributed by atoms with Gasteiger partial charge in [-0.3, -0.25) is 0 Å². The number of hydrogen-bond donors (Lipinski definition) is 1. The summed E-state index contributed by atoms with van der Waals surface area (Å²) in [5, 5.41) is 1.13. The van der Waals surface area contributed by atoms with Gasteiger partial charge >= 0.3 is 0 Å². The monoisotopic (exact) mass is 302 g/mol. The van der Waals surface area contributed by atoms with Crippen molar-refractivity contribution in [1.82, 2.24) is 4.98 Å². The van der Waals surface area contributed by atoms with E-state index in [2.05, 4.69) is 11.1 Å². The Morgan fingerprint density at radius 3 is 2.86 bits per heavy atom. The lowest BCUT2D eigenvalue weighted by molar-refractivity contribution is 0.415. The molecule has 1 aromatic carbocycles. The van der Waals surface area contributed by atoms with Crippen LogP contribution in [0.4, 0.5) is 5.82 Å². The Kier molecular flexibility index (Phi) is 4.54. The number of fused-ring (bicyclic) bond motifs is 1. The van der Waals surface area contributed by atoms with Gasteiger partial charge in [-0.2, -0.15) is 11.8 Å². The lowest BCUT2D eigenvalue weighted by atomic mass is 10.1. The zero-order valence-electron chi connectivity index (χ0n) is 12.5. The predicted octanol–water partition coefficient (Wildman–Crippen LogP) is 4.25. The van der Waals surface area contributed by atoms with Gasteiger partial charge in [0.25, 0.3) is 0 Å². The maximum atomic E-state index is 6.11. The SMILES string of the molecule is COc1ccc2cc(CSCC3CCCC3)c(N)nc2c1. The molecule has 21 heavy (non-hydrogen) atoms. The molecule has 0 aliphatic heterocycles. The largest absolute Gasteiger partial charge is 0.497 e. The van der Waals surface area contributed by atoms with Crippen LogP contribution >= 0.6 is 11.8 Å². The molecule has 2 aromatic rings. The van der Waals surface area contributed by atoms with E-state index in [1.165, 1.54) is 31.4 Å². The van der Waals surface area contributed by atoms with Gasteiger partial charge in [0.2, 0.25) is 0 Å². The summed E-state index contributed by atoms with van der Waals surface area (Å²) in [6.07, 6.45) is 5.62. The average Bonchev–Trinajstić information content (AvgIpc) is 3.00. The van der Waals surface area contributed by atoms with Crippen molar-refractivity contribution in [3.63, 3.8) is 0 Å². The Labute approximate surface area is 130 Å². The standard InChI is InChI=1S/C17H22N2OS/c1-20-15-7-6-13-8-14(17(18)19-16(13)9-15)11-21-10-12-4-2-3-5-12/h6-9,12H,2-5,10-11H2,1H3,(H2,18,19). The maximum Gasteiger partial charge on any atom is 0.128 e. The number of benzene rings is 1. The number of nitrogen functional groups attached to an aromatic ring is 1. The molecule has 0 unspecified atom stereocenters. The van der Waals surface area contributed by atoms with E-state index < -0.39 is 0 Å². The molecular weight excluding hydrogens is 280 g/mol. The molecule has 112 valence electrons. The zero-order chi connectivity index (χ0) is 14.7. The fraction of sp³-hybridized carbons (Fsp3) is 0.471. The first-order chi connectivity index (χ1) is 10.3. The minimum Gasteiger partial charge on any atom is -0.497 e. The minimum atomic E-state index is 0.648. The summed E-state index contributed by atoms with van der Waals surface area (Å²) in [5.41, 5.74) is 8.16. The Balaban J connectivity index is 1.71. The normalized spacial score (nSPS) is 15.7. The molecule has 0 radical (unpaired) electrons. The van der Waals surface area contributed by atoms with Crippen molar-refractivity contribution < 1.29 is 4.74 Å². The Hall–Kier alpha value is -1.42. The quantitative estimate of drug-likeness (QED) is 0.897. The molecule has 1 aliphatic carbocycles. The number of pyridine rings is 1. The molecule has 0 atom stereocenters. The highest BCUT2D eigenvalue weighted by Crippen LogP contribution is 2.30. The van der Waals surface area contributed by atoms with E-state index in [0.29, 0.717) is 5.82 Å². The molecule has 3 nitrogen and oxygen atoms in total. The van der Waals surface area contributed by atoms with Crippen molar-refractivity contribution in [3.8, 4) is 5.75 Å². The van der Waals surface area contributed by atoms with Crippen LogP contribution in [0.2, 0.25) is 0 Å². The van der Waals surface area contributed by atoms with Crippen LogP contribution in [0.3, 0.4) is 0 Å². The van der Waals surface area contributed by atoms with Crippen LogP contribution in [0.5, 0.6) is 5.75 Å². The van der Waals surface area contributed by atoms with Crippen molar-refractivity contribution in [2.24, 2.45) is 5.92 Å². The van der Waals surface area contributed by atoms with Gasteiger partial charge in [-0.1, -0.05) is 12.8 Å². The van der Waals surface area contributed by atoms with Crippen LogP contribution in [0, 0.1) is 5.92 Å². The number of rotatable bonds is 5. The molecule has 4 heteroatoms. The summed E-state index contributed by atoms with van der Waals surface area (Å²) in [5.74, 6) is 4.58. The summed E-state index contributed by atoms with van der Waals surface area (Å²) in [6.45, 7) is 0. The number of anilines is 1. The fourth-order valence-corrected chi connectivity index (χ4v) is 4.20. The minimum absolute atomic E-state index is 0.648. The number of ether oxygens (including phenoxy) is 1.